The van der Waals surface area contributed by atoms with E-state index < -0.39 is 0 Å². The van der Waals surface area contributed by atoms with E-state index in [9.17, 15) is 4.79 Å². The highest BCUT2D eigenvalue weighted by Gasteiger charge is 1.97. The van der Waals surface area contributed by atoms with Crippen LogP contribution in [-0.4, -0.2) is 19.5 Å². The zero-order valence-corrected chi connectivity index (χ0v) is 10.4. The van der Waals surface area contributed by atoms with Gasteiger partial charge in [0.1, 0.15) is 0 Å². The Labute approximate surface area is 92.6 Å². The summed E-state index contributed by atoms with van der Waals surface area (Å²) in [5, 5.41) is 5.85. The van der Waals surface area contributed by atoms with Gasteiger partial charge in [-0.15, -0.1) is 0 Å². The summed E-state index contributed by atoms with van der Waals surface area (Å²) in [5.74, 6) is -0.00926. The average Bonchev–Trinajstić information content (AvgIpc) is 2.22. The highest BCUT2D eigenvalue weighted by atomic mass is 16.1. The summed E-state index contributed by atoms with van der Waals surface area (Å²) in [4.78, 5) is 10.8. The lowest BCUT2D eigenvalue weighted by atomic mass is 10.1. The van der Waals surface area contributed by atoms with Crippen LogP contribution in [0.4, 0.5) is 0 Å². The first-order valence-electron chi connectivity index (χ1n) is 5.30. The Morgan fingerprint density at radius 3 is 2.27 bits per heavy atom. The van der Waals surface area contributed by atoms with Crippen LogP contribution in [0, 0.1) is 0 Å². The van der Waals surface area contributed by atoms with E-state index in [1.54, 1.807) is 0 Å². The Kier molecular flexibility index (Phi) is 6.50. The lowest BCUT2D eigenvalue weighted by Gasteiger charge is -2.09. The average molecular weight is 210 g/mol. The van der Waals surface area contributed by atoms with Crippen molar-refractivity contribution in [1.29, 1.82) is 0 Å². The highest BCUT2D eigenvalue weighted by Crippen LogP contribution is 2.09. The Balaban J connectivity index is 4.52. The molecule has 3 nitrogen and oxygen atoms in total. The van der Waals surface area contributed by atoms with Gasteiger partial charge in [0.25, 0.3) is 0 Å². The largest absolute Gasteiger partial charge is 0.390 e. The topological polar surface area (TPSA) is 41.1 Å². The molecule has 0 rings (SSSR count). The van der Waals surface area contributed by atoms with E-state index in [4.69, 9.17) is 0 Å². The number of nitrogens with one attached hydrogen (secondary N) is 2. The molecule has 0 aliphatic heterocycles. The number of allylic oxidation sites excluding steroid dienone is 3. The smallest absolute Gasteiger partial charge is 0.217 e. The summed E-state index contributed by atoms with van der Waals surface area (Å²) < 4.78 is 0. The van der Waals surface area contributed by atoms with Crippen LogP contribution in [0.5, 0.6) is 0 Å². The van der Waals surface area contributed by atoms with Gasteiger partial charge in [-0.25, -0.2) is 0 Å². The zero-order valence-electron chi connectivity index (χ0n) is 10.4. The summed E-state index contributed by atoms with van der Waals surface area (Å²) >= 11 is 0. The van der Waals surface area contributed by atoms with Gasteiger partial charge >= 0.3 is 0 Å². The first kappa shape index (κ1) is 13.8. The molecule has 0 atom stereocenters. The number of hydrogen-bond acceptors (Lipinski definition) is 2. The summed E-state index contributed by atoms with van der Waals surface area (Å²) in [7, 11) is 1.86. The van der Waals surface area contributed by atoms with E-state index >= 15 is 0 Å². The maximum Gasteiger partial charge on any atom is 0.217 e. The molecule has 0 aromatic rings. The van der Waals surface area contributed by atoms with Gasteiger partial charge in [0.2, 0.25) is 5.91 Å². The van der Waals surface area contributed by atoms with Crippen LogP contribution < -0.4 is 10.6 Å². The van der Waals surface area contributed by atoms with Gasteiger partial charge < -0.3 is 10.6 Å². The Morgan fingerprint density at radius 2 is 1.87 bits per heavy atom. The van der Waals surface area contributed by atoms with Crippen molar-refractivity contribution in [2.75, 3.05) is 13.6 Å². The van der Waals surface area contributed by atoms with E-state index in [0.717, 1.165) is 12.1 Å². The maximum absolute atomic E-state index is 10.8. The van der Waals surface area contributed by atoms with Crippen LogP contribution >= 0.6 is 0 Å². The van der Waals surface area contributed by atoms with Crippen molar-refractivity contribution in [3.8, 4) is 0 Å². The molecular formula is C12H22N2O. The van der Waals surface area contributed by atoms with Crippen molar-refractivity contribution in [2.45, 2.75) is 34.1 Å². The molecule has 0 aliphatic rings. The van der Waals surface area contributed by atoms with Crippen LogP contribution in [-0.2, 0) is 4.79 Å². The van der Waals surface area contributed by atoms with E-state index in [1.165, 1.54) is 18.1 Å². The van der Waals surface area contributed by atoms with Gasteiger partial charge in [-0.1, -0.05) is 18.1 Å². The van der Waals surface area contributed by atoms with Crippen LogP contribution in [0.1, 0.15) is 34.1 Å². The third-order valence-corrected chi connectivity index (χ3v) is 2.44. The quantitative estimate of drug-likeness (QED) is 0.681. The van der Waals surface area contributed by atoms with Crippen molar-refractivity contribution in [1.82, 2.24) is 10.6 Å². The standard InChI is InChI=1S/C12H22N2O/c1-6-9(2)10(3)7-12(13-5)8-14-11(4)15/h7,13H,6,8H2,1-5H3,(H,14,15)/b10-9-,12-7-. The van der Waals surface area contributed by atoms with Crippen molar-refractivity contribution in [3.05, 3.63) is 22.9 Å². The number of carbonyl (C=O) groups is 1. The number of carbonyl (C=O) groups excluding carboxylic acids is 1. The fraction of sp³-hybridized carbons (Fsp3) is 0.583. The summed E-state index contributed by atoms with van der Waals surface area (Å²) in [6.45, 7) is 8.43. The van der Waals surface area contributed by atoms with E-state index in [0.29, 0.717) is 6.54 Å². The van der Waals surface area contributed by atoms with Crippen molar-refractivity contribution < 1.29 is 4.79 Å². The first-order valence-corrected chi connectivity index (χ1v) is 5.30. The van der Waals surface area contributed by atoms with Gasteiger partial charge in [-0.05, 0) is 26.3 Å². The third-order valence-electron chi connectivity index (χ3n) is 2.44. The predicted molar refractivity (Wildman–Crippen MR) is 64.5 cm³/mol. The van der Waals surface area contributed by atoms with E-state index in [2.05, 4.69) is 37.5 Å². The molecule has 2 N–H and O–H groups in total. The van der Waals surface area contributed by atoms with Crippen LogP contribution in [0.3, 0.4) is 0 Å². The van der Waals surface area contributed by atoms with Crippen LogP contribution in [0.2, 0.25) is 0 Å². The number of rotatable bonds is 5. The lowest BCUT2D eigenvalue weighted by Crippen LogP contribution is -2.26. The maximum atomic E-state index is 10.8. The first-order chi connectivity index (χ1) is 7.01. The zero-order chi connectivity index (χ0) is 11.8. The van der Waals surface area contributed by atoms with E-state index in [-0.39, 0.29) is 5.91 Å². The molecule has 0 radical (unpaired) electrons. The monoisotopic (exact) mass is 210 g/mol. The second-order valence-electron chi connectivity index (χ2n) is 3.65. The van der Waals surface area contributed by atoms with Crippen molar-refractivity contribution >= 4 is 5.91 Å². The van der Waals surface area contributed by atoms with Crippen molar-refractivity contribution in [3.63, 3.8) is 0 Å². The molecule has 1 amide bonds. The number of likely N-dealkylation sites (N-methyl/N-ethyl adjacent to an activating group) is 1. The molecule has 0 unspecified atom stereocenters. The molecule has 15 heavy (non-hydrogen) atoms. The number of hydrogen-bond donors (Lipinski definition) is 2. The minimum Gasteiger partial charge on any atom is -0.390 e. The molecule has 0 fully saturated rings. The molecule has 0 aromatic carbocycles. The van der Waals surface area contributed by atoms with Gasteiger partial charge in [-0.2, -0.15) is 0 Å². The minimum atomic E-state index is -0.00926. The molecule has 3 heteroatoms. The molecular weight excluding hydrogens is 188 g/mol. The molecule has 0 aliphatic carbocycles. The van der Waals surface area contributed by atoms with Crippen molar-refractivity contribution in [2.24, 2.45) is 0 Å². The SMILES string of the molecule is CC/C(C)=C(C)\C=C(\CNC(C)=O)NC. The Bertz CT molecular complexity index is 277. The lowest BCUT2D eigenvalue weighted by molar-refractivity contribution is -0.118. The summed E-state index contributed by atoms with van der Waals surface area (Å²) in [6, 6.07) is 0. The highest BCUT2D eigenvalue weighted by molar-refractivity contribution is 5.73. The predicted octanol–water partition coefficient (Wildman–Crippen LogP) is 1.97. The second-order valence-corrected chi connectivity index (χ2v) is 3.65. The molecule has 0 spiro atoms. The van der Waals surface area contributed by atoms with Crippen LogP contribution in [0.25, 0.3) is 0 Å². The summed E-state index contributed by atoms with van der Waals surface area (Å²) in [5.41, 5.74) is 3.65. The second kappa shape index (κ2) is 7.10. The fourth-order valence-electron chi connectivity index (χ4n) is 1.09. The van der Waals surface area contributed by atoms with Gasteiger partial charge in [0.05, 0.1) is 6.54 Å². The normalized spacial score (nSPS) is 13.3. The van der Waals surface area contributed by atoms with E-state index in [1.807, 2.05) is 7.05 Å². The fourth-order valence-corrected chi connectivity index (χ4v) is 1.09. The minimum absolute atomic E-state index is 0.00926. The molecule has 0 saturated carbocycles. The third kappa shape index (κ3) is 5.94. The van der Waals surface area contributed by atoms with Gasteiger partial charge in [0, 0.05) is 19.7 Å². The molecule has 0 saturated heterocycles. The van der Waals surface area contributed by atoms with Crippen LogP contribution in [0.15, 0.2) is 22.9 Å². The Morgan fingerprint density at radius 1 is 1.27 bits per heavy atom. The molecule has 86 valence electrons. The molecule has 0 aromatic heterocycles. The summed E-state index contributed by atoms with van der Waals surface area (Å²) in [6.07, 6.45) is 3.13. The number of amides is 1. The van der Waals surface area contributed by atoms with Gasteiger partial charge in [-0.3, -0.25) is 4.79 Å². The molecule has 0 heterocycles. The molecule has 0 bridgehead atoms. The van der Waals surface area contributed by atoms with Gasteiger partial charge in [0.15, 0.2) is 0 Å². The Hall–Kier alpha value is -1.25.